The van der Waals surface area contributed by atoms with Crippen LogP contribution in [-0.4, -0.2) is 11.2 Å². The first-order valence-electron chi connectivity index (χ1n) is 20.6. The molecule has 0 fully saturated rings. The number of hydrogen-bond donors (Lipinski definition) is 0. The molecule has 0 amide bonds. The second-order valence-corrected chi connectivity index (χ2v) is 20.0. The maximum absolute atomic E-state index is 6.42. The van der Waals surface area contributed by atoms with Crippen LogP contribution in [0.5, 0.6) is 11.5 Å². The number of halogens is 2. The highest BCUT2D eigenvalue weighted by atomic mass is 79.9. The van der Waals surface area contributed by atoms with Gasteiger partial charge in [0.15, 0.2) is 0 Å². The molecule has 2 aliphatic heterocycles. The van der Waals surface area contributed by atoms with E-state index in [9.17, 15) is 0 Å². The van der Waals surface area contributed by atoms with E-state index in [1.54, 1.807) is 0 Å². The molecule has 2 heterocycles. The standard InChI is InChI=1S/C54H50Br2N2O2/c1-51(2)47-32-37(18-28-49(47)59-53(51,5)6)35-12-9-14-43(30-35)57(41-24-20-39(55)21-25-41)45-16-11-17-46(34-45)58(42-26-22-40(56)23-27-42)44-15-10-13-36(31-44)38-19-29-50-48(33-38)52(3,4)54(7,8)60-50/h9-34H,1-8H3. The molecule has 2 aliphatic rings. The molecule has 0 radical (unpaired) electrons. The molecule has 60 heavy (non-hydrogen) atoms. The molecule has 0 saturated carbocycles. The summed E-state index contributed by atoms with van der Waals surface area (Å²) in [6.07, 6.45) is 0. The molecular formula is C54H50Br2N2O2. The molecule has 302 valence electrons. The van der Waals surface area contributed by atoms with Gasteiger partial charge in [-0.15, -0.1) is 0 Å². The van der Waals surface area contributed by atoms with E-state index in [4.69, 9.17) is 9.47 Å². The van der Waals surface area contributed by atoms with Crippen molar-refractivity contribution in [3.05, 3.63) is 178 Å². The Kier molecular flexibility index (Phi) is 9.84. The van der Waals surface area contributed by atoms with Gasteiger partial charge in [0.25, 0.3) is 0 Å². The fraction of sp³-hybridized carbons (Fsp3) is 0.222. The van der Waals surface area contributed by atoms with Crippen molar-refractivity contribution in [1.82, 2.24) is 0 Å². The summed E-state index contributed by atoms with van der Waals surface area (Å²) in [5.74, 6) is 1.93. The molecular weight excluding hydrogens is 868 g/mol. The minimum Gasteiger partial charge on any atom is -0.487 e. The summed E-state index contributed by atoms with van der Waals surface area (Å²) in [6.45, 7) is 17.8. The Labute approximate surface area is 372 Å². The van der Waals surface area contributed by atoms with Crippen LogP contribution in [0.15, 0.2) is 167 Å². The van der Waals surface area contributed by atoms with Gasteiger partial charge in [-0.05, 0) is 165 Å². The van der Waals surface area contributed by atoms with Crippen LogP contribution in [0, 0.1) is 0 Å². The Morgan fingerprint density at radius 3 is 1.07 bits per heavy atom. The van der Waals surface area contributed by atoms with Gasteiger partial charge in [-0.25, -0.2) is 0 Å². The fourth-order valence-corrected chi connectivity index (χ4v) is 9.05. The van der Waals surface area contributed by atoms with E-state index < -0.39 is 0 Å². The predicted octanol–water partition coefficient (Wildman–Crippen LogP) is 16.4. The third-order valence-corrected chi connectivity index (χ3v) is 14.5. The SMILES string of the molecule is CC1(C)Oc2ccc(-c3cccc(N(c4ccc(Br)cc4)c4cccc(N(c5ccc(Br)cc5)c5cccc(-c6ccc7c(c6)C(C)(C)C(C)(C)O7)c5)c4)c3)cc2C1(C)C. The van der Waals surface area contributed by atoms with Crippen LogP contribution in [0.25, 0.3) is 22.3 Å². The maximum Gasteiger partial charge on any atom is 0.124 e. The van der Waals surface area contributed by atoms with Gasteiger partial charge in [0.05, 0.1) is 0 Å². The molecule has 6 heteroatoms. The van der Waals surface area contributed by atoms with E-state index in [0.29, 0.717) is 0 Å². The second kappa shape index (κ2) is 14.7. The summed E-state index contributed by atoms with van der Waals surface area (Å²) in [4.78, 5) is 4.68. The monoisotopic (exact) mass is 916 g/mol. The predicted molar refractivity (Wildman–Crippen MR) is 258 cm³/mol. The molecule has 7 aromatic rings. The molecule has 0 saturated heterocycles. The van der Waals surface area contributed by atoms with Crippen LogP contribution in [0.3, 0.4) is 0 Å². The quantitative estimate of drug-likeness (QED) is 0.152. The Morgan fingerprint density at radius 1 is 0.350 bits per heavy atom. The molecule has 7 aromatic carbocycles. The topological polar surface area (TPSA) is 24.9 Å². The normalized spacial score (nSPS) is 16.3. The summed E-state index contributed by atoms with van der Waals surface area (Å²) in [5.41, 5.74) is 12.6. The van der Waals surface area contributed by atoms with Gasteiger partial charge in [0, 0.05) is 65.0 Å². The molecule has 0 atom stereocenters. The zero-order chi connectivity index (χ0) is 42.2. The van der Waals surface area contributed by atoms with Crippen LogP contribution in [0.2, 0.25) is 0 Å². The third kappa shape index (κ3) is 6.92. The summed E-state index contributed by atoms with van der Waals surface area (Å²) < 4.78 is 14.9. The lowest BCUT2D eigenvalue weighted by Crippen LogP contribution is -2.41. The van der Waals surface area contributed by atoms with Crippen molar-refractivity contribution >= 4 is 66.0 Å². The van der Waals surface area contributed by atoms with Gasteiger partial charge in [-0.1, -0.05) is 102 Å². The first-order chi connectivity index (χ1) is 28.5. The van der Waals surface area contributed by atoms with Crippen molar-refractivity contribution in [2.45, 2.75) is 77.4 Å². The number of ether oxygens (including phenoxy) is 2. The summed E-state index contributed by atoms with van der Waals surface area (Å²) in [7, 11) is 0. The Morgan fingerprint density at radius 2 is 0.683 bits per heavy atom. The first-order valence-corrected chi connectivity index (χ1v) is 22.2. The van der Waals surface area contributed by atoms with Gasteiger partial charge < -0.3 is 19.3 Å². The van der Waals surface area contributed by atoms with Crippen molar-refractivity contribution < 1.29 is 9.47 Å². The smallest absolute Gasteiger partial charge is 0.124 e. The first kappa shape index (κ1) is 40.1. The van der Waals surface area contributed by atoms with Gasteiger partial charge >= 0.3 is 0 Å². The van der Waals surface area contributed by atoms with E-state index >= 15 is 0 Å². The minimum absolute atomic E-state index is 0.135. The van der Waals surface area contributed by atoms with Crippen molar-refractivity contribution in [3.63, 3.8) is 0 Å². The number of hydrogen-bond acceptors (Lipinski definition) is 4. The van der Waals surface area contributed by atoms with Crippen LogP contribution < -0.4 is 19.3 Å². The number of nitrogens with zero attached hydrogens (tertiary/aromatic N) is 2. The van der Waals surface area contributed by atoms with Crippen molar-refractivity contribution in [1.29, 1.82) is 0 Å². The van der Waals surface area contributed by atoms with Gasteiger partial charge in [0.1, 0.15) is 22.7 Å². The van der Waals surface area contributed by atoms with E-state index in [1.807, 2.05) is 0 Å². The van der Waals surface area contributed by atoms with Crippen molar-refractivity contribution in [3.8, 4) is 33.8 Å². The van der Waals surface area contributed by atoms with Crippen LogP contribution in [-0.2, 0) is 10.8 Å². The number of anilines is 6. The molecule has 0 N–H and O–H groups in total. The van der Waals surface area contributed by atoms with E-state index in [2.05, 4.69) is 255 Å². The average molecular weight is 919 g/mol. The Hall–Kier alpha value is -5.30. The van der Waals surface area contributed by atoms with Gasteiger partial charge in [-0.3, -0.25) is 0 Å². The fourth-order valence-electron chi connectivity index (χ4n) is 8.52. The van der Waals surface area contributed by atoms with E-state index in [0.717, 1.165) is 65.7 Å². The zero-order valence-electron chi connectivity index (χ0n) is 35.5. The summed E-state index contributed by atoms with van der Waals surface area (Å²) in [6, 6.07) is 56.9. The minimum atomic E-state index is -0.295. The Bertz CT molecular complexity index is 2570. The third-order valence-electron chi connectivity index (χ3n) is 13.4. The molecule has 0 bridgehead atoms. The number of rotatable bonds is 8. The summed E-state index contributed by atoms with van der Waals surface area (Å²) in [5, 5.41) is 0. The molecule has 0 spiro atoms. The van der Waals surface area contributed by atoms with Crippen molar-refractivity contribution in [2.24, 2.45) is 0 Å². The molecule has 0 unspecified atom stereocenters. The van der Waals surface area contributed by atoms with E-state index in [1.165, 1.54) is 22.3 Å². The second-order valence-electron chi connectivity index (χ2n) is 18.1. The lowest BCUT2D eigenvalue weighted by Gasteiger charge is -2.33. The van der Waals surface area contributed by atoms with Crippen LogP contribution in [0.4, 0.5) is 34.1 Å². The highest BCUT2D eigenvalue weighted by Crippen LogP contribution is 2.52. The zero-order valence-corrected chi connectivity index (χ0v) is 38.6. The van der Waals surface area contributed by atoms with Gasteiger partial charge in [0.2, 0.25) is 0 Å². The number of fused-ring (bicyclic) bond motifs is 2. The molecule has 9 rings (SSSR count). The van der Waals surface area contributed by atoms with Crippen LogP contribution in [0.1, 0.15) is 66.5 Å². The molecule has 4 nitrogen and oxygen atoms in total. The lowest BCUT2D eigenvalue weighted by atomic mass is 9.73. The molecule has 0 aromatic heterocycles. The highest BCUT2D eigenvalue weighted by Gasteiger charge is 2.49. The van der Waals surface area contributed by atoms with Crippen LogP contribution >= 0.6 is 31.9 Å². The maximum atomic E-state index is 6.42. The van der Waals surface area contributed by atoms with Crippen molar-refractivity contribution in [2.75, 3.05) is 9.80 Å². The molecule has 0 aliphatic carbocycles. The Balaban J connectivity index is 1.14. The lowest BCUT2D eigenvalue weighted by molar-refractivity contribution is 0.0711. The largest absolute Gasteiger partial charge is 0.487 e. The average Bonchev–Trinajstić information content (AvgIpc) is 3.53. The highest BCUT2D eigenvalue weighted by molar-refractivity contribution is 9.10. The van der Waals surface area contributed by atoms with E-state index in [-0.39, 0.29) is 22.0 Å². The number of benzene rings is 7. The summed E-state index contributed by atoms with van der Waals surface area (Å²) >= 11 is 7.36. The van der Waals surface area contributed by atoms with Gasteiger partial charge in [-0.2, -0.15) is 0 Å².